The number of hydrogen-bond donors (Lipinski definition) is 3. The molecule has 2 aliphatic rings. The summed E-state index contributed by atoms with van der Waals surface area (Å²) in [5.41, 5.74) is 8.22. The number of rotatable bonds is 7. The predicted molar refractivity (Wildman–Crippen MR) is 197 cm³/mol. The van der Waals surface area contributed by atoms with Gasteiger partial charge in [0, 0.05) is 45.3 Å². The summed E-state index contributed by atoms with van der Waals surface area (Å²) in [5.74, 6) is -0.824. The largest absolute Gasteiger partial charge is 0.465 e. The number of carbonyl (C=O) groups excluding carboxylic acids is 2. The van der Waals surface area contributed by atoms with Crippen LogP contribution in [0.25, 0.3) is 44.1 Å². The monoisotopic (exact) mass is 706 g/mol. The molecule has 8 rings (SSSR count). The molecule has 2 aliphatic carbocycles. The molecule has 2 saturated carbocycles. The van der Waals surface area contributed by atoms with Crippen molar-refractivity contribution < 1.29 is 24.2 Å². The number of H-pyrrole nitrogens is 2. The number of hydrogen-bond acceptors (Lipinski definition) is 5. The molecule has 0 spiro atoms. The van der Waals surface area contributed by atoms with Gasteiger partial charge in [-0.3, -0.25) is 0 Å². The SMILES string of the molecule is COC(=O)c1c[nH]c2cc(Cl)c(-c3ccc(C4(OC(=O)c5c[nH]c6cc(Cl)c(-c7ccc(C8(O)CCC8)cc7C)cc56)CCC4)cc3C)cc12. The van der Waals surface area contributed by atoms with Crippen LogP contribution < -0.4 is 0 Å². The quantitative estimate of drug-likeness (QED) is 0.143. The molecule has 9 heteroatoms. The first-order chi connectivity index (χ1) is 24.0. The Morgan fingerprint density at radius 3 is 1.64 bits per heavy atom. The Morgan fingerprint density at radius 2 is 1.18 bits per heavy atom. The predicted octanol–water partition coefficient (Wildman–Crippen LogP) is 10.3. The summed E-state index contributed by atoms with van der Waals surface area (Å²) < 4.78 is 11.4. The summed E-state index contributed by atoms with van der Waals surface area (Å²) in [6.45, 7) is 4.03. The number of aromatic nitrogens is 2. The molecule has 0 aliphatic heterocycles. The van der Waals surface area contributed by atoms with Crippen molar-refractivity contribution in [3.05, 3.63) is 116 Å². The lowest BCUT2D eigenvalue weighted by molar-refractivity contribution is -0.0670. The molecule has 0 atom stereocenters. The van der Waals surface area contributed by atoms with E-state index >= 15 is 0 Å². The highest BCUT2D eigenvalue weighted by atomic mass is 35.5. The van der Waals surface area contributed by atoms with Crippen molar-refractivity contribution in [2.24, 2.45) is 0 Å². The van der Waals surface area contributed by atoms with Gasteiger partial charge < -0.3 is 24.5 Å². The number of aryl methyl sites for hydroxylation is 2. The van der Waals surface area contributed by atoms with Crippen LogP contribution in [-0.2, 0) is 20.7 Å². The third kappa shape index (κ3) is 5.22. The second-order valence-corrected chi connectivity index (χ2v) is 14.6. The molecule has 2 heterocycles. The minimum Gasteiger partial charge on any atom is -0.465 e. The number of nitrogens with one attached hydrogen (secondary N) is 2. The van der Waals surface area contributed by atoms with Crippen LogP contribution in [0.3, 0.4) is 0 Å². The number of halogens is 2. The molecule has 0 unspecified atom stereocenters. The van der Waals surface area contributed by atoms with Gasteiger partial charge in [0.15, 0.2) is 0 Å². The maximum atomic E-state index is 14.0. The Labute approximate surface area is 299 Å². The van der Waals surface area contributed by atoms with E-state index in [1.54, 1.807) is 12.4 Å². The van der Waals surface area contributed by atoms with Crippen molar-refractivity contribution >= 4 is 56.9 Å². The number of carbonyl (C=O) groups is 2. The van der Waals surface area contributed by atoms with E-state index in [2.05, 4.69) is 16.0 Å². The van der Waals surface area contributed by atoms with Crippen molar-refractivity contribution in [1.29, 1.82) is 0 Å². The lowest BCUT2D eigenvalue weighted by atomic mass is 9.74. The van der Waals surface area contributed by atoms with Crippen molar-refractivity contribution in [2.75, 3.05) is 7.11 Å². The molecule has 4 aromatic carbocycles. The van der Waals surface area contributed by atoms with Crippen LogP contribution in [0.15, 0.2) is 73.1 Å². The summed E-state index contributed by atoms with van der Waals surface area (Å²) in [7, 11) is 1.36. The second kappa shape index (κ2) is 12.0. The van der Waals surface area contributed by atoms with E-state index in [-0.39, 0.29) is 0 Å². The smallest absolute Gasteiger partial charge is 0.341 e. The highest BCUT2D eigenvalue weighted by molar-refractivity contribution is 6.35. The normalized spacial score (nSPS) is 16.2. The fourth-order valence-electron chi connectivity index (χ4n) is 7.63. The van der Waals surface area contributed by atoms with Gasteiger partial charge in [0.2, 0.25) is 0 Å². The number of fused-ring (bicyclic) bond motifs is 2. The average molecular weight is 708 g/mol. The van der Waals surface area contributed by atoms with E-state index in [1.807, 2.05) is 68.4 Å². The Kier molecular flexibility index (Phi) is 7.86. The number of aliphatic hydroxyl groups is 1. The average Bonchev–Trinajstić information content (AvgIpc) is 3.67. The highest BCUT2D eigenvalue weighted by Gasteiger charge is 2.43. The molecular weight excluding hydrogens is 671 g/mol. The van der Waals surface area contributed by atoms with Crippen LogP contribution in [-0.4, -0.2) is 34.1 Å². The van der Waals surface area contributed by atoms with Gasteiger partial charge in [-0.1, -0.05) is 59.6 Å². The number of methoxy groups -OCH3 is 1. The maximum Gasteiger partial charge on any atom is 0.341 e. The molecule has 0 bridgehead atoms. The topological polar surface area (TPSA) is 104 Å². The summed E-state index contributed by atoms with van der Waals surface area (Å²) >= 11 is 13.6. The summed E-state index contributed by atoms with van der Waals surface area (Å²) in [6, 6.07) is 19.6. The molecule has 254 valence electrons. The van der Waals surface area contributed by atoms with Crippen LogP contribution >= 0.6 is 23.2 Å². The van der Waals surface area contributed by atoms with E-state index < -0.39 is 23.1 Å². The Bertz CT molecular complexity index is 2360. The van der Waals surface area contributed by atoms with E-state index in [1.165, 1.54) is 7.11 Å². The number of esters is 2. The first-order valence-electron chi connectivity index (χ1n) is 16.9. The molecule has 7 nitrogen and oxygen atoms in total. The molecule has 2 aromatic heterocycles. The standard InChI is InChI=1S/C41H36Cl2N2O5/c1-22-14-24(40(48)10-4-11-40)6-8-26(22)29-17-31-33(21-45-37(31)19-35(29)43)39(47)50-41(12-5-13-41)25-7-9-27(23(2)15-25)28-16-30-32(38(46)49-3)20-44-36(30)18-34(28)42/h6-9,14-21,44-45,48H,4-5,10-13H2,1-3H3. The van der Waals surface area contributed by atoms with Gasteiger partial charge in [-0.25, -0.2) is 9.59 Å². The van der Waals surface area contributed by atoms with E-state index in [9.17, 15) is 14.7 Å². The highest BCUT2D eigenvalue weighted by Crippen LogP contribution is 2.48. The zero-order valence-electron chi connectivity index (χ0n) is 28.0. The maximum absolute atomic E-state index is 14.0. The third-order valence-electron chi connectivity index (χ3n) is 10.9. The van der Waals surface area contributed by atoms with Crippen molar-refractivity contribution in [3.8, 4) is 22.3 Å². The molecule has 50 heavy (non-hydrogen) atoms. The molecule has 0 saturated heterocycles. The Morgan fingerprint density at radius 1 is 0.680 bits per heavy atom. The van der Waals surface area contributed by atoms with Crippen molar-refractivity contribution in [2.45, 2.75) is 63.6 Å². The van der Waals surface area contributed by atoms with Crippen molar-refractivity contribution in [1.82, 2.24) is 9.97 Å². The zero-order valence-corrected chi connectivity index (χ0v) is 29.5. The summed E-state index contributed by atoms with van der Waals surface area (Å²) in [5, 5.41) is 13.5. The molecule has 2 fully saturated rings. The van der Waals surface area contributed by atoms with Gasteiger partial charge in [-0.05, 0) is 110 Å². The fraction of sp³-hybridized carbons (Fsp3) is 0.268. The first kappa shape index (κ1) is 32.6. The van der Waals surface area contributed by atoms with E-state index in [0.717, 1.165) is 92.0 Å². The second-order valence-electron chi connectivity index (χ2n) is 13.8. The summed E-state index contributed by atoms with van der Waals surface area (Å²) in [6.07, 6.45) is 8.27. The number of ether oxygens (including phenoxy) is 2. The van der Waals surface area contributed by atoms with Crippen LogP contribution in [0.4, 0.5) is 0 Å². The molecule has 6 aromatic rings. The van der Waals surface area contributed by atoms with Crippen LogP contribution in [0.1, 0.15) is 81.5 Å². The zero-order chi connectivity index (χ0) is 34.9. The van der Waals surface area contributed by atoms with Gasteiger partial charge in [0.1, 0.15) is 5.60 Å². The lowest BCUT2D eigenvalue weighted by Gasteiger charge is -2.41. The lowest BCUT2D eigenvalue weighted by Crippen LogP contribution is -2.39. The number of aromatic amines is 2. The fourth-order valence-corrected chi connectivity index (χ4v) is 8.16. The molecule has 0 amide bonds. The van der Waals surface area contributed by atoms with E-state index in [0.29, 0.717) is 34.0 Å². The Hall–Kier alpha value is -4.56. The van der Waals surface area contributed by atoms with Crippen LogP contribution in [0.5, 0.6) is 0 Å². The minimum absolute atomic E-state index is 0.401. The van der Waals surface area contributed by atoms with Crippen molar-refractivity contribution in [3.63, 3.8) is 0 Å². The Balaban J connectivity index is 1.10. The molecule has 0 radical (unpaired) electrons. The first-order valence-corrected chi connectivity index (χ1v) is 17.6. The van der Waals surface area contributed by atoms with Gasteiger partial charge >= 0.3 is 11.9 Å². The van der Waals surface area contributed by atoms with Crippen LogP contribution in [0, 0.1) is 13.8 Å². The molecular formula is C41H36Cl2N2O5. The summed E-state index contributed by atoms with van der Waals surface area (Å²) in [4.78, 5) is 32.6. The van der Waals surface area contributed by atoms with Gasteiger partial charge in [-0.2, -0.15) is 0 Å². The van der Waals surface area contributed by atoms with Gasteiger partial charge in [0.25, 0.3) is 0 Å². The molecule has 3 N–H and O–H groups in total. The number of benzene rings is 4. The third-order valence-corrected chi connectivity index (χ3v) is 11.5. The minimum atomic E-state index is -0.750. The van der Waals surface area contributed by atoms with Gasteiger partial charge in [-0.15, -0.1) is 0 Å². The van der Waals surface area contributed by atoms with E-state index in [4.69, 9.17) is 32.7 Å². The van der Waals surface area contributed by atoms with Crippen LogP contribution in [0.2, 0.25) is 10.0 Å². The van der Waals surface area contributed by atoms with Gasteiger partial charge in [0.05, 0.1) is 33.9 Å².